The van der Waals surface area contributed by atoms with Crippen molar-refractivity contribution in [3.8, 4) is 0 Å². The van der Waals surface area contributed by atoms with E-state index in [9.17, 15) is 4.21 Å². The molecular formula is C7H16N2O2S. The van der Waals surface area contributed by atoms with Gasteiger partial charge in [-0.05, 0) is 19.4 Å². The maximum atomic E-state index is 10.3. The molecule has 0 aromatic rings. The van der Waals surface area contributed by atoms with Crippen molar-refractivity contribution in [1.82, 2.24) is 4.90 Å². The van der Waals surface area contributed by atoms with Crippen molar-refractivity contribution in [2.24, 2.45) is 5.73 Å². The predicted octanol–water partition coefficient (Wildman–Crippen LogP) is -0.369. The molecule has 5 heteroatoms. The smallest absolute Gasteiger partial charge is 0.152 e. The van der Waals surface area contributed by atoms with Gasteiger partial charge in [0, 0.05) is 19.1 Å². The second kappa shape index (κ2) is 4.91. The molecule has 0 saturated carbocycles. The molecule has 0 aromatic heterocycles. The molecule has 1 heterocycles. The summed E-state index contributed by atoms with van der Waals surface area (Å²) in [4.78, 5) is 2.27. The SMILES string of the molecule is NCC1CCN1CCCS(=O)O. The first-order valence-corrected chi connectivity index (χ1v) is 5.53. The Balaban J connectivity index is 2.03. The summed E-state index contributed by atoms with van der Waals surface area (Å²) < 4.78 is 18.8. The van der Waals surface area contributed by atoms with Crippen molar-refractivity contribution in [1.29, 1.82) is 0 Å². The zero-order chi connectivity index (χ0) is 8.97. The fraction of sp³-hybridized carbons (Fsp3) is 1.00. The molecule has 0 radical (unpaired) electrons. The highest BCUT2D eigenvalue weighted by Crippen LogP contribution is 2.15. The zero-order valence-corrected chi connectivity index (χ0v) is 7.92. The molecule has 0 aliphatic carbocycles. The normalized spacial score (nSPS) is 26.7. The minimum atomic E-state index is -1.63. The fourth-order valence-electron chi connectivity index (χ4n) is 1.45. The van der Waals surface area contributed by atoms with Crippen LogP contribution < -0.4 is 5.73 Å². The second-order valence-corrected chi connectivity index (χ2v) is 4.14. The summed E-state index contributed by atoms with van der Waals surface area (Å²) in [7, 11) is 0. The van der Waals surface area contributed by atoms with E-state index in [1.54, 1.807) is 0 Å². The molecule has 3 N–H and O–H groups in total. The Labute approximate surface area is 75.4 Å². The number of hydrogen-bond acceptors (Lipinski definition) is 3. The quantitative estimate of drug-likeness (QED) is 0.583. The Hall–Kier alpha value is 0.0300. The first-order valence-electron chi connectivity index (χ1n) is 4.25. The molecule has 72 valence electrons. The Kier molecular flexibility index (Phi) is 4.14. The van der Waals surface area contributed by atoms with Crippen LogP contribution in [0.25, 0.3) is 0 Å². The van der Waals surface area contributed by atoms with E-state index in [1.165, 1.54) is 6.42 Å². The Morgan fingerprint density at radius 1 is 1.67 bits per heavy atom. The van der Waals surface area contributed by atoms with Crippen molar-refractivity contribution in [2.45, 2.75) is 18.9 Å². The van der Waals surface area contributed by atoms with Gasteiger partial charge < -0.3 is 10.3 Å². The first kappa shape index (κ1) is 10.1. The molecule has 1 aliphatic heterocycles. The van der Waals surface area contributed by atoms with Gasteiger partial charge >= 0.3 is 0 Å². The third kappa shape index (κ3) is 2.82. The summed E-state index contributed by atoms with van der Waals surface area (Å²) in [5, 5.41) is 0. The van der Waals surface area contributed by atoms with Crippen molar-refractivity contribution in [2.75, 3.05) is 25.4 Å². The van der Waals surface area contributed by atoms with Crippen LogP contribution in [0.1, 0.15) is 12.8 Å². The molecule has 0 amide bonds. The van der Waals surface area contributed by atoms with Crippen LogP contribution in [0.3, 0.4) is 0 Å². The highest BCUT2D eigenvalue weighted by Gasteiger charge is 2.25. The highest BCUT2D eigenvalue weighted by atomic mass is 32.2. The van der Waals surface area contributed by atoms with E-state index in [0.717, 1.165) is 19.5 Å². The van der Waals surface area contributed by atoms with E-state index < -0.39 is 11.1 Å². The molecule has 2 atom stereocenters. The summed E-state index contributed by atoms with van der Waals surface area (Å²) in [6.45, 7) is 2.72. The van der Waals surface area contributed by atoms with Crippen molar-refractivity contribution >= 4 is 11.1 Å². The molecule has 2 unspecified atom stereocenters. The van der Waals surface area contributed by atoms with Crippen LogP contribution in [0.5, 0.6) is 0 Å². The van der Waals surface area contributed by atoms with E-state index in [4.69, 9.17) is 10.3 Å². The Bertz CT molecular complexity index is 163. The van der Waals surface area contributed by atoms with Crippen LogP contribution in [0.4, 0.5) is 0 Å². The molecule has 1 saturated heterocycles. The minimum Gasteiger partial charge on any atom is -0.329 e. The summed E-state index contributed by atoms with van der Waals surface area (Å²) >= 11 is -1.63. The number of hydrogen-bond donors (Lipinski definition) is 2. The monoisotopic (exact) mass is 192 g/mol. The average Bonchev–Trinajstić information content (AvgIpc) is 1.96. The van der Waals surface area contributed by atoms with E-state index >= 15 is 0 Å². The Morgan fingerprint density at radius 3 is 2.83 bits per heavy atom. The van der Waals surface area contributed by atoms with Crippen LogP contribution in [0.2, 0.25) is 0 Å². The lowest BCUT2D eigenvalue weighted by Crippen LogP contribution is -2.52. The van der Waals surface area contributed by atoms with Crippen LogP contribution in [0.15, 0.2) is 0 Å². The minimum absolute atomic E-state index is 0.383. The number of nitrogens with two attached hydrogens (primary N) is 1. The van der Waals surface area contributed by atoms with Crippen LogP contribution in [0, 0.1) is 0 Å². The van der Waals surface area contributed by atoms with Crippen LogP contribution in [-0.2, 0) is 11.1 Å². The number of likely N-dealkylation sites (tertiary alicyclic amines) is 1. The van der Waals surface area contributed by atoms with Gasteiger partial charge in [0.25, 0.3) is 0 Å². The molecule has 1 fully saturated rings. The molecule has 0 aromatic carbocycles. The van der Waals surface area contributed by atoms with Gasteiger partial charge in [0.05, 0.1) is 5.75 Å². The standard InChI is InChI=1S/C7H16N2O2S/c8-6-7-2-4-9(7)3-1-5-12(10)11/h7H,1-6,8H2,(H,10,11). The molecule has 12 heavy (non-hydrogen) atoms. The summed E-state index contributed by atoms with van der Waals surface area (Å²) in [6.07, 6.45) is 1.97. The lowest BCUT2D eigenvalue weighted by Gasteiger charge is -2.40. The third-order valence-electron chi connectivity index (χ3n) is 2.30. The second-order valence-electron chi connectivity index (χ2n) is 3.09. The lowest BCUT2D eigenvalue weighted by atomic mass is 10.0. The largest absolute Gasteiger partial charge is 0.329 e. The van der Waals surface area contributed by atoms with Crippen LogP contribution >= 0.6 is 0 Å². The predicted molar refractivity (Wildman–Crippen MR) is 49.3 cm³/mol. The van der Waals surface area contributed by atoms with E-state index in [-0.39, 0.29) is 0 Å². The average molecular weight is 192 g/mol. The van der Waals surface area contributed by atoms with Gasteiger partial charge in [0.2, 0.25) is 0 Å². The molecule has 4 nitrogen and oxygen atoms in total. The number of rotatable bonds is 5. The summed E-state index contributed by atoms with van der Waals surface area (Å²) in [6, 6.07) is 0.525. The molecular weight excluding hydrogens is 176 g/mol. The van der Waals surface area contributed by atoms with Gasteiger partial charge in [-0.3, -0.25) is 4.90 Å². The lowest BCUT2D eigenvalue weighted by molar-refractivity contribution is 0.0974. The summed E-state index contributed by atoms with van der Waals surface area (Å²) in [5.74, 6) is 0.383. The maximum Gasteiger partial charge on any atom is 0.152 e. The molecule has 0 bridgehead atoms. The van der Waals surface area contributed by atoms with Gasteiger partial charge in [-0.25, -0.2) is 4.21 Å². The topological polar surface area (TPSA) is 66.6 Å². The molecule has 0 spiro atoms. The van der Waals surface area contributed by atoms with E-state index in [2.05, 4.69) is 4.90 Å². The van der Waals surface area contributed by atoms with E-state index in [1.807, 2.05) is 0 Å². The molecule has 1 rings (SSSR count). The number of nitrogens with zero attached hydrogens (tertiary/aromatic N) is 1. The van der Waals surface area contributed by atoms with Gasteiger partial charge in [-0.15, -0.1) is 0 Å². The van der Waals surface area contributed by atoms with Gasteiger partial charge in [-0.1, -0.05) is 0 Å². The third-order valence-corrected chi connectivity index (χ3v) is 2.94. The highest BCUT2D eigenvalue weighted by molar-refractivity contribution is 7.79. The van der Waals surface area contributed by atoms with Crippen LogP contribution in [-0.4, -0.2) is 45.1 Å². The van der Waals surface area contributed by atoms with Crippen molar-refractivity contribution < 1.29 is 8.76 Å². The van der Waals surface area contributed by atoms with Gasteiger partial charge in [0.1, 0.15) is 0 Å². The van der Waals surface area contributed by atoms with Crippen molar-refractivity contribution in [3.05, 3.63) is 0 Å². The fourth-order valence-corrected chi connectivity index (χ4v) is 1.82. The van der Waals surface area contributed by atoms with Gasteiger partial charge in [0.15, 0.2) is 11.1 Å². The first-order chi connectivity index (χ1) is 5.74. The van der Waals surface area contributed by atoms with E-state index in [0.29, 0.717) is 18.3 Å². The maximum absolute atomic E-state index is 10.3. The molecule has 1 aliphatic rings. The van der Waals surface area contributed by atoms with Gasteiger partial charge in [-0.2, -0.15) is 0 Å². The Morgan fingerprint density at radius 2 is 2.42 bits per heavy atom. The zero-order valence-electron chi connectivity index (χ0n) is 7.11. The van der Waals surface area contributed by atoms with Crippen molar-refractivity contribution in [3.63, 3.8) is 0 Å². The summed E-state index contributed by atoms with van der Waals surface area (Å²) in [5.41, 5.74) is 5.50.